The fourth-order valence-corrected chi connectivity index (χ4v) is 2.41. The summed E-state index contributed by atoms with van der Waals surface area (Å²) < 4.78 is 0. The van der Waals surface area contributed by atoms with Crippen LogP contribution < -0.4 is 5.32 Å². The lowest BCUT2D eigenvalue weighted by atomic mass is 10.2. The zero-order valence-corrected chi connectivity index (χ0v) is 12.0. The summed E-state index contributed by atoms with van der Waals surface area (Å²) in [5.74, 6) is 0.0805. The molecule has 4 heteroatoms. The van der Waals surface area contributed by atoms with Crippen molar-refractivity contribution in [2.45, 2.75) is 20.0 Å². The second-order valence-corrected chi connectivity index (χ2v) is 5.54. The number of nitrogens with zero attached hydrogens (tertiary/aromatic N) is 1. The molecular formula is C15H18N2OS. The van der Waals surface area contributed by atoms with Crippen LogP contribution in [0.4, 0.5) is 5.69 Å². The van der Waals surface area contributed by atoms with E-state index in [4.69, 9.17) is 0 Å². The van der Waals surface area contributed by atoms with Crippen LogP contribution in [0.2, 0.25) is 0 Å². The molecule has 1 heterocycles. The van der Waals surface area contributed by atoms with E-state index < -0.39 is 0 Å². The van der Waals surface area contributed by atoms with Gasteiger partial charge in [-0.15, -0.1) is 11.3 Å². The number of thiophene rings is 1. The number of amides is 1. The quantitative estimate of drug-likeness (QED) is 0.907. The Morgan fingerprint density at radius 3 is 2.84 bits per heavy atom. The molecule has 0 fully saturated rings. The largest absolute Gasteiger partial charge is 0.380 e. The van der Waals surface area contributed by atoms with Gasteiger partial charge in [0.05, 0.1) is 0 Å². The molecular weight excluding hydrogens is 256 g/mol. The number of hydrogen-bond donors (Lipinski definition) is 1. The summed E-state index contributed by atoms with van der Waals surface area (Å²) in [5, 5.41) is 5.48. The van der Waals surface area contributed by atoms with E-state index in [1.165, 1.54) is 4.88 Å². The maximum atomic E-state index is 11.2. The van der Waals surface area contributed by atoms with Crippen LogP contribution >= 0.6 is 11.3 Å². The highest BCUT2D eigenvalue weighted by Crippen LogP contribution is 2.15. The van der Waals surface area contributed by atoms with Gasteiger partial charge in [0, 0.05) is 37.6 Å². The maximum Gasteiger partial charge on any atom is 0.219 e. The Morgan fingerprint density at radius 1 is 1.32 bits per heavy atom. The van der Waals surface area contributed by atoms with Crippen LogP contribution in [0.3, 0.4) is 0 Å². The minimum atomic E-state index is 0.0805. The zero-order chi connectivity index (χ0) is 13.7. The van der Waals surface area contributed by atoms with Crippen LogP contribution in [0.5, 0.6) is 0 Å². The molecule has 3 nitrogen and oxygen atoms in total. The average Bonchev–Trinajstić information content (AvgIpc) is 2.90. The van der Waals surface area contributed by atoms with Gasteiger partial charge >= 0.3 is 0 Å². The summed E-state index contributed by atoms with van der Waals surface area (Å²) in [6.07, 6.45) is 0. The van der Waals surface area contributed by atoms with Crippen molar-refractivity contribution >= 4 is 22.9 Å². The van der Waals surface area contributed by atoms with Gasteiger partial charge in [0.15, 0.2) is 0 Å². The Bertz CT molecular complexity index is 537. The second-order valence-electron chi connectivity index (χ2n) is 4.51. The Morgan fingerprint density at radius 2 is 2.16 bits per heavy atom. The summed E-state index contributed by atoms with van der Waals surface area (Å²) >= 11 is 1.75. The van der Waals surface area contributed by atoms with Gasteiger partial charge in [0.2, 0.25) is 5.91 Å². The molecule has 2 rings (SSSR count). The van der Waals surface area contributed by atoms with Crippen LogP contribution in [0.25, 0.3) is 0 Å². The summed E-state index contributed by atoms with van der Waals surface area (Å²) in [6.45, 7) is 3.06. The summed E-state index contributed by atoms with van der Waals surface area (Å²) in [6, 6.07) is 12.4. The fourth-order valence-electron chi connectivity index (χ4n) is 1.77. The first-order valence-corrected chi connectivity index (χ1v) is 7.10. The minimum absolute atomic E-state index is 0.0805. The van der Waals surface area contributed by atoms with Gasteiger partial charge in [-0.2, -0.15) is 0 Å². The highest BCUT2D eigenvalue weighted by molar-refractivity contribution is 7.09. The van der Waals surface area contributed by atoms with E-state index in [0.717, 1.165) is 17.8 Å². The molecule has 0 spiro atoms. The summed E-state index contributed by atoms with van der Waals surface area (Å²) in [5.41, 5.74) is 2.22. The first-order valence-electron chi connectivity index (χ1n) is 6.22. The van der Waals surface area contributed by atoms with Crippen molar-refractivity contribution in [3.63, 3.8) is 0 Å². The molecule has 100 valence electrons. The second kappa shape index (κ2) is 6.38. The van der Waals surface area contributed by atoms with E-state index in [1.807, 2.05) is 25.2 Å². The molecule has 1 aromatic carbocycles. The fraction of sp³-hybridized carbons (Fsp3) is 0.267. The number of rotatable bonds is 5. The highest BCUT2D eigenvalue weighted by Gasteiger charge is 2.04. The third kappa shape index (κ3) is 4.10. The minimum Gasteiger partial charge on any atom is -0.380 e. The molecule has 1 amide bonds. The standard InChI is InChI=1S/C15H18N2OS/c1-12(18)17(2)11-13-5-3-6-14(9-13)16-10-15-7-4-8-19-15/h3-9,16H,10-11H2,1-2H3. The van der Waals surface area contributed by atoms with Crippen LogP contribution in [0, 0.1) is 0 Å². The molecule has 0 bridgehead atoms. The predicted molar refractivity (Wildman–Crippen MR) is 80.2 cm³/mol. The Labute approximate surface area is 117 Å². The van der Waals surface area contributed by atoms with Crippen molar-refractivity contribution < 1.29 is 4.79 Å². The number of carbonyl (C=O) groups is 1. The Balaban J connectivity index is 1.96. The van der Waals surface area contributed by atoms with Crippen LogP contribution in [-0.2, 0) is 17.9 Å². The molecule has 0 saturated heterocycles. The third-order valence-corrected chi connectivity index (χ3v) is 3.81. The highest BCUT2D eigenvalue weighted by atomic mass is 32.1. The number of hydrogen-bond acceptors (Lipinski definition) is 3. The van der Waals surface area contributed by atoms with Gasteiger partial charge in [-0.05, 0) is 29.1 Å². The van der Waals surface area contributed by atoms with Crippen molar-refractivity contribution in [3.8, 4) is 0 Å². The van der Waals surface area contributed by atoms with E-state index in [1.54, 1.807) is 23.2 Å². The smallest absolute Gasteiger partial charge is 0.219 e. The lowest BCUT2D eigenvalue weighted by Gasteiger charge is -2.15. The normalized spacial score (nSPS) is 10.2. The van der Waals surface area contributed by atoms with Gasteiger partial charge in [0.1, 0.15) is 0 Å². The Hall–Kier alpha value is -1.81. The van der Waals surface area contributed by atoms with Gasteiger partial charge in [0.25, 0.3) is 0 Å². The molecule has 0 unspecified atom stereocenters. The predicted octanol–water partition coefficient (Wildman–Crippen LogP) is 3.34. The number of anilines is 1. The molecule has 0 saturated carbocycles. The van der Waals surface area contributed by atoms with Crippen molar-refractivity contribution in [2.75, 3.05) is 12.4 Å². The van der Waals surface area contributed by atoms with Crippen molar-refractivity contribution in [1.82, 2.24) is 4.90 Å². The van der Waals surface area contributed by atoms with Gasteiger partial charge in [-0.3, -0.25) is 4.79 Å². The zero-order valence-electron chi connectivity index (χ0n) is 11.2. The lowest BCUT2D eigenvalue weighted by molar-refractivity contribution is -0.128. The number of benzene rings is 1. The molecule has 0 atom stereocenters. The third-order valence-electron chi connectivity index (χ3n) is 2.93. The topological polar surface area (TPSA) is 32.3 Å². The molecule has 0 aliphatic rings. The summed E-state index contributed by atoms with van der Waals surface area (Å²) in [4.78, 5) is 14.2. The monoisotopic (exact) mass is 274 g/mol. The van der Waals surface area contributed by atoms with Gasteiger partial charge < -0.3 is 10.2 Å². The maximum absolute atomic E-state index is 11.2. The van der Waals surface area contributed by atoms with E-state index in [2.05, 4.69) is 28.9 Å². The molecule has 1 N–H and O–H groups in total. The SMILES string of the molecule is CC(=O)N(C)Cc1cccc(NCc2cccs2)c1. The molecule has 0 aliphatic carbocycles. The van der Waals surface area contributed by atoms with Crippen molar-refractivity contribution in [3.05, 3.63) is 52.2 Å². The first kappa shape index (κ1) is 13.6. The average molecular weight is 274 g/mol. The van der Waals surface area contributed by atoms with E-state index in [9.17, 15) is 4.79 Å². The molecule has 0 radical (unpaired) electrons. The molecule has 2 aromatic rings. The first-order chi connectivity index (χ1) is 9.15. The van der Waals surface area contributed by atoms with Crippen LogP contribution in [-0.4, -0.2) is 17.9 Å². The molecule has 1 aromatic heterocycles. The van der Waals surface area contributed by atoms with E-state index >= 15 is 0 Å². The van der Waals surface area contributed by atoms with Crippen molar-refractivity contribution in [1.29, 1.82) is 0 Å². The molecule has 0 aliphatic heterocycles. The van der Waals surface area contributed by atoms with Crippen LogP contribution in [0.15, 0.2) is 41.8 Å². The Kier molecular flexibility index (Phi) is 4.58. The van der Waals surface area contributed by atoms with Crippen LogP contribution in [0.1, 0.15) is 17.4 Å². The lowest BCUT2D eigenvalue weighted by Crippen LogP contribution is -2.22. The van der Waals surface area contributed by atoms with E-state index in [0.29, 0.717) is 6.54 Å². The summed E-state index contributed by atoms with van der Waals surface area (Å²) in [7, 11) is 1.81. The van der Waals surface area contributed by atoms with Gasteiger partial charge in [-0.25, -0.2) is 0 Å². The molecule has 19 heavy (non-hydrogen) atoms. The van der Waals surface area contributed by atoms with E-state index in [-0.39, 0.29) is 5.91 Å². The number of carbonyl (C=O) groups excluding carboxylic acids is 1. The van der Waals surface area contributed by atoms with Crippen molar-refractivity contribution in [2.24, 2.45) is 0 Å². The number of nitrogens with one attached hydrogen (secondary N) is 1. The van der Waals surface area contributed by atoms with Gasteiger partial charge in [-0.1, -0.05) is 18.2 Å².